The van der Waals surface area contributed by atoms with E-state index in [0.29, 0.717) is 19.3 Å². The minimum absolute atomic E-state index is 0.0733. The maximum absolute atomic E-state index is 12.7. The molecule has 0 fully saturated rings. The molecule has 0 aliphatic carbocycles. The smallest absolute Gasteiger partial charge is 0.306 e. The Labute approximate surface area is 360 Å². The molecule has 0 aromatic rings. The highest BCUT2D eigenvalue weighted by Crippen LogP contribution is 2.15. The third-order valence-electron chi connectivity index (χ3n) is 11.2. The average molecular weight is 817 g/mol. The van der Waals surface area contributed by atoms with Crippen LogP contribution < -0.4 is 0 Å². The van der Waals surface area contributed by atoms with E-state index in [1.54, 1.807) is 0 Å². The first-order valence-electron chi connectivity index (χ1n) is 25.3. The van der Waals surface area contributed by atoms with Gasteiger partial charge in [-0.15, -0.1) is 0 Å². The summed E-state index contributed by atoms with van der Waals surface area (Å²) in [6.45, 7) is 6.61. The minimum Gasteiger partial charge on any atom is -0.462 e. The Morgan fingerprint density at radius 3 is 0.862 bits per heavy atom. The van der Waals surface area contributed by atoms with Crippen LogP contribution in [0, 0.1) is 0 Å². The van der Waals surface area contributed by atoms with E-state index in [9.17, 15) is 14.4 Å². The number of unbranched alkanes of at least 4 members (excludes halogenated alkanes) is 31. The lowest BCUT2D eigenvalue weighted by Crippen LogP contribution is -2.30. The largest absolute Gasteiger partial charge is 0.462 e. The van der Waals surface area contributed by atoms with Gasteiger partial charge in [0.1, 0.15) is 13.2 Å². The maximum atomic E-state index is 12.7. The van der Waals surface area contributed by atoms with Gasteiger partial charge in [-0.2, -0.15) is 0 Å². The van der Waals surface area contributed by atoms with Gasteiger partial charge in [-0.1, -0.05) is 206 Å². The van der Waals surface area contributed by atoms with Crippen LogP contribution >= 0.6 is 0 Å². The van der Waals surface area contributed by atoms with Crippen molar-refractivity contribution in [3.8, 4) is 0 Å². The van der Waals surface area contributed by atoms with Crippen molar-refractivity contribution < 1.29 is 28.6 Å². The lowest BCUT2D eigenvalue weighted by atomic mass is 10.1. The molecule has 1 atom stereocenters. The molecule has 340 valence electrons. The number of hydrogen-bond donors (Lipinski definition) is 0. The first-order chi connectivity index (χ1) is 28.5. The van der Waals surface area contributed by atoms with E-state index in [2.05, 4.69) is 45.1 Å². The minimum atomic E-state index is -0.771. The summed E-state index contributed by atoms with van der Waals surface area (Å²) >= 11 is 0. The van der Waals surface area contributed by atoms with E-state index in [0.717, 1.165) is 64.2 Å². The predicted octanol–water partition coefficient (Wildman–Crippen LogP) is 16.4. The quantitative estimate of drug-likeness (QED) is 0.0263. The summed E-state index contributed by atoms with van der Waals surface area (Å²) in [6, 6.07) is 0. The van der Waals surface area contributed by atoms with Crippen LogP contribution in [0.15, 0.2) is 24.3 Å². The van der Waals surface area contributed by atoms with Crippen molar-refractivity contribution in [1.82, 2.24) is 0 Å². The van der Waals surface area contributed by atoms with Gasteiger partial charge in [0.2, 0.25) is 0 Å². The number of carbonyl (C=O) groups excluding carboxylic acids is 3. The van der Waals surface area contributed by atoms with Crippen molar-refractivity contribution in [1.29, 1.82) is 0 Å². The van der Waals surface area contributed by atoms with Gasteiger partial charge < -0.3 is 14.2 Å². The van der Waals surface area contributed by atoms with E-state index in [1.807, 2.05) is 0 Å². The van der Waals surface area contributed by atoms with Crippen LogP contribution in [0.25, 0.3) is 0 Å². The topological polar surface area (TPSA) is 78.9 Å². The Morgan fingerprint density at radius 2 is 0.569 bits per heavy atom. The van der Waals surface area contributed by atoms with Gasteiger partial charge in [-0.25, -0.2) is 0 Å². The molecule has 0 amide bonds. The van der Waals surface area contributed by atoms with Crippen LogP contribution in [-0.2, 0) is 28.6 Å². The molecular weight excluding hydrogens is 721 g/mol. The Hall–Kier alpha value is -2.11. The molecular formula is C52H96O6. The van der Waals surface area contributed by atoms with Crippen LogP contribution in [0.3, 0.4) is 0 Å². The summed E-state index contributed by atoms with van der Waals surface area (Å²) in [5.74, 6) is -0.881. The zero-order valence-electron chi connectivity index (χ0n) is 38.8. The maximum Gasteiger partial charge on any atom is 0.306 e. The number of allylic oxidation sites excluding steroid dienone is 4. The third-order valence-corrected chi connectivity index (χ3v) is 11.2. The van der Waals surface area contributed by atoms with Gasteiger partial charge >= 0.3 is 17.9 Å². The number of carbonyl (C=O) groups is 3. The van der Waals surface area contributed by atoms with E-state index < -0.39 is 6.10 Å². The average Bonchev–Trinajstić information content (AvgIpc) is 3.22. The molecule has 0 saturated carbocycles. The number of esters is 3. The van der Waals surface area contributed by atoms with Crippen molar-refractivity contribution >= 4 is 17.9 Å². The fourth-order valence-corrected chi connectivity index (χ4v) is 7.31. The lowest BCUT2D eigenvalue weighted by molar-refractivity contribution is -0.167. The second kappa shape index (κ2) is 47.6. The summed E-state index contributed by atoms with van der Waals surface area (Å²) in [4.78, 5) is 37.8. The van der Waals surface area contributed by atoms with Crippen LogP contribution in [0.5, 0.6) is 0 Å². The molecule has 1 unspecified atom stereocenters. The van der Waals surface area contributed by atoms with Gasteiger partial charge in [-0.3, -0.25) is 14.4 Å². The summed E-state index contributed by atoms with van der Waals surface area (Å²) in [5, 5.41) is 0. The molecule has 6 nitrogen and oxygen atoms in total. The molecule has 0 aliphatic rings. The van der Waals surface area contributed by atoms with Gasteiger partial charge in [0.25, 0.3) is 0 Å². The molecule has 0 aliphatic heterocycles. The molecule has 0 rings (SSSR count). The van der Waals surface area contributed by atoms with E-state index in [4.69, 9.17) is 14.2 Å². The van der Waals surface area contributed by atoms with Crippen LogP contribution in [0.4, 0.5) is 0 Å². The number of rotatable bonds is 46. The first kappa shape index (κ1) is 55.9. The second-order valence-electron chi connectivity index (χ2n) is 17.1. The summed E-state index contributed by atoms with van der Waals surface area (Å²) < 4.78 is 16.7. The molecule has 0 saturated heterocycles. The lowest BCUT2D eigenvalue weighted by Gasteiger charge is -2.18. The molecule has 0 radical (unpaired) electrons. The zero-order chi connectivity index (χ0) is 42.3. The summed E-state index contributed by atoms with van der Waals surface area (Å²) in [7, 11) is 0. The highest BCUT2D eigenvalue weighted by Gasteiger charge is 2.19. The van der Waals surface area contributed by atoms with Gasteiger partial charge in [-0.05, 0) is 70.6 Å². The standard InChI is InChI=1S/C52H96O6/c1-4-7-10-13-16-19-21-23-25-26-28-29-31-33-36-39-42-45-51(54)57-48-49(47-56-50(53)44-41-38-35-18-15-12-9-6-3)58-52(55)46-43-40-37-34-32-30-27-24-22-20-17-14-11-8-5-2/h23-25,27,49H,4-22,26,28-48H2,1-3H3/b25-23-,27-24-. The number of hydrogen-bond acceptors (Lipinski definition) is 6. The molecule has 0 aromatic heterocycles. The van der Waals surface area contributed by atoms with Gasteiger partial charge in [0.15, 0.2) is 6.10 Å². The van der Waals surface area contributed by atoms with E-state index in [1.165, 1.54) is 167 Å². The molecule has 58 heavy (non-hydrogen) atoms. The van der Waals surface area contributed by atoms with Crippen molar-refractivity contribution in [2.24, 2.45) is 0 Å². The number of ether oxygens (including phenoxy) is 3. The van der Waals surface area contributed by atoms with Crippen LogP contribution in [0.2, 0.25) is 0 Å². The normalized spacial score (nSPS) is 12.1. The zero-order valence-corrected chi connectivity index (χ0v) is 38.8. The van der Waals surface area contributed by atoms with E-state index >= 15 is 0 Å². The molecule has 0 heterocycles. The highest BCUT2D eigenvalue weighted by atomic mass is 16.6. The van der Waals surface area contributed by atoms with Crippen LogP contribution in [0.1, 0.15) is 271 Å². The Morgan fingerprint density at radius 1 is 0.328 bits per heavy atom. The monoisotopic (exact) mass is 817 g/mol. The van der Waals surface area contributed by atoms with Gasteiger partial charge in [0.05, 0.1) is 0 Å². The fraction of sp³-hybridized carbons (Fsp3) is 0.865. The molecule has 0 aromatic carbocycles. The molecule has 6 heteroatoms. The van der Waals surface area contributed by atoms with Gasteiger partial charge in [0, 0.05) is 19.3 Å². The SMILES string of the molecule is CCCCCCCC/C=C\CCCCCCCCCC(=O)OCC(COC(=O)CCCCCCCCCC)OC(=O)CCCCCCC/C=C\CCCCCCCC. The Bertz CT molecular complexity index is 942. The summed E-state index contributed by atoms with van der Waals surface area (Å²) in [5.41, 5.74) is 0. The van der Waals surface area contributed by atoms with Crippen molar-refractivity contribution in [2.45, 2.75) is 277 Å². The fourth-order valence-electron chi connectivity index (χ4n) is 7.31. The Balaban J connectivity index is 4.29. The van der Waals surface area contributed by atoms with Crippen molar-refractivity contribution in [3.63, 3.8) is 0 Å². The first-order valence-corrected chi connectivity index (χ1v) is 25.3. The van der Waals surface area contributed by atoms with Crippen molar-refractivity contribution in [3.05, 3.63) is 24.3 Å². The van der Waals surface area contributed by atoms with E-state index in [-0.39, 0.29) is 31.1 Å². The Kier molecular flexibility index (Phi) is 45.8. The summed E-state index contributed by atoms with van der Waals surface area (Å²) in [6.07, 6.45) is 53.1. The van der Waals surface area contributed by atoms with Crippen LogP contribution in [-0.4, -0.2) is 37.2 Å². The highest BCUT2D eigenvalue weighted by molar-refractivity contribution is 5.71. The third kappa shape index (κ3) is 45.0. The molecule has 0 bridgehead atoms. The van der Waals surface area contributed by atoms with Crippen molar-refractivity contribution in [2.75, 3.05) is 13.2 Å². The molecule has 0 N–H and O–H groups in total. The molecule has 0 spiro atoms. The predicted molar refractivity (Wildman–Crippen MR) is 247 cm³/mol. The second-order valence-corrected chi connectivity index (χ2v) is 17.1.